The lowest BCUT2D eigenvalue weighted by atomic mass is 10.1. The van der Waals surface area contributed by atoms with E-state index in [4.69, 9.17) is 4.74 Å². The van der Waals surface area contributed by atoms with Gasteiger partial charge in [-0.05, 0) is 75.9 Å². The Hall–Kier alpha value is -1.75. The monoisotopic (exact) mass is 331 g/mol. The number of piperidine rings is 1. The van der Waals surface area contributed by atoms with Crippen molar-refractivity contribution >= 4 is 11.7 Å². The molecule has 2 aliphatic rings. The zero-order chi connectivity index (χ0) is 16.6. The minimum Gasteiger partial charge on any atom is -0.490 e. The third kappa shape index (κ3) is 5.41. The molecule has 2 fully saturated rings. The molecule has 1 saturated heterocycles. The highest BCUT2D eigenvalue weighted by Crippen LogP contribution is 2.24. The molecular formula is C19H29N3O2. The zero-order valence-electron chi connectivity index (χ0n) is 14.4. The molecule has 1 aromatic carbocycles. The van der Waals surface area contributed by atoms with Crippen LogP contribution in [0.3, 0.4) is 0 Å². The van der Waals surface area contributed by atoms with Crippen LogP contribution in [-0.4, -0.2) is 43.2 Å². The average Bonchev–Trinajstić information content (AvgIpc) is 3.11. The van der Waals surface area contributed by atoms with Crippen LogP contribution in [0.4, 0.5) is 10.5 Å². The quantitative estimate of drug-likeness (QED) is 0.837. The summed E-state index contributed by atoms with van der Waals surface area (Å²) in [5, 5.41) is 5.81. The van der Waals surface area contributed by atoms with Crippen LogP contribution in [0.2, 0.25) is 0 Å². The number of anilines is 1. The number of carbonyl (C=O) groups is 1. The van der Waals surface area contributed by atoms with Crippen LogP contribution in [0.25, 0.3) is 0 Å². The Kier molecular flexibility index (Phi) is 6.35. The van der Waals surface area contributed by atoms with Crippen molar-refractivity contribution in [3.8, 4) is 5.75 Å². The van der Waals surface area contributed by atoms with Crippen molar-refractivity contribution in [2.24, 2.45) is 0 Å². The minimum atomic E-state index is -0.142. The maximum Gasteiger partial charge on any atom is 0.319 e. The lowest BCUT2D eigenvalue weighted by Crippen LogP contribution is -2.39. The van der Waals surface area contributed by atoms with Crippen molar-refractivity contribution < 1.29 is 9.53 Å². The highest BCUT2D eigenvalue weighted by atomic mass is 16.5. The standard InChI is InChI=1S/C19H29N3O2/c23-19(20-12-15-22-13-4-1-5-14-22)21-16-8-10-18(11-9-16)24-17-6-2-3-7-17/h8-11,17H,1-7,12-15H2,(H2,20,21,23). The fourth-order valence-corrected chi connectivity index (χ4v) is 3.50. The van der Waals surface area contributed by atoms with Crippen LogP contribution in [0, 0.1) is 0 Å². The van der Waals surface area contributed by atoms with Crippen LogP contribution >= 0.6 is 0 Å². The summed E-state index contributed by atoms with van der Waals surface area (Å²) in [7, 11) is 0. The molecule has 1 aromatic rings. The van der Waals surface area contributed by atoms with E-state index >= 15 is 0 Å². The molecule has 2 N–H and O–H groups in total. The number of nitrogens with zero attached hydrogens (tertiary/aromatic N) is 1. The fourth-order valence-electron chi connectivity index (χ4n) is 3.50. The molecule has 5 heteroatoms. The number of hydrogen-bond acceptors (Lipinski definition) is 3. The van der Waals surface area contributed by atoms with E-state index in [9.17, 15) is 4.79 Å². The summed E-state index contributed by atoms with van der Waals surface area (Å²) >= 11 is 0. The normalized spacial score (nSPS) is 19.2. The Morgan fingerprint density at radius 2 is 1.75 bits per heavy atom. The number of rotatable bonds is 6. The molecule has 1 saturated carbocycles. The maximum absolute atomic E-state index is 11.9. The summed E-state index contributed by atoms with van der Waals surface area (Å²) in [6, 6.07) is 7.52. The molecule has 132 valence electrons. The molecule has 5 nitrogen and oxygen atoms in total. The van der Waals surface area contributed by atoms with Gasteiger partial charge in [0, 0.05) is 18.8 Å². The van der Waals surface area contributed by atoms with Crippen LogP contribution in [0.1, 0.15) is 44.9 Å². The summed E-state index contributed by atoms with van der Waals surface area (Å²) in [6.07, 6.45) is 9.10. The highest BCUT2D eigenvalue weighted by molar-refractivity contribution is 5.89. The molecule has 0 unspecified atom stereocenters. The van der Waals surface area contributed by atoms with Gasteiger partial charge in [-0.2, -0.15) is 0 Å². The Labute approximate surface area is 144 Å². The topological polar surface area (TPSA) is 53.6 Å². The number of nitrogens with one attached hydrogen (secondary N) is 2. The van der Waals surface area contributed by atoms with Crippen LogP contribution in [0.15, 0.2) is 24.3 Å². The van der Waals surface area contributed by atoms with E-state index in [1.165, 1.54) is 32.1 Å². The lowest BCUT2D eigenvalue weighted by molar-refractivity contribution is 0.210. The number of hydrogen-bond donors (Lipinski definition) is 2. The largest absolute Gasteiger partial charge is 0.490 e. The van der Waals surface area contributed by atoms with E-state index in [0.29, 0.717) is 12.6 Å². The summed E-state index contributed by atoms with van der Waals surface area (Å²) in [6.45, 7) is 3.94. The van der Waals surface area contributed by atoms with E-state index in [1.807, 2.05) is 24.3 Å². The Bertz CT molecular complexity index is 506. The van der Waals surface area contributed by atoms with E-state index < -0.39 is 0 Å². The molecule has 0 bridgehead atoms. The summed E-state index contributed by atoms with van der Waals surface area (Å²) in [5.41, 5.74) is 0.796. The van der Waals surface area contributed by atoms with Gasteiger partial charge in [-0.3, -0.25) is 0 Å². The van der Waals surface area contributed by atoms with E-state index in [1.54, 1.807) is 0 Å². The Morgan fingerprint density at radius 3 is 2.46 bits per heavy atom. The van der Waals surface area contributed by atoms with Gasteiger partial charge in [0.2, 0.25) is 0 Å². The smallest absolute Gasteiger partial charge is 0.319 e. The second-order valence-electron chi connectivity index (χ2n) is 6.83. The lowest BCUT2D eigenvalue weighted by Gasteiger charge is -2.26. The van der Waals surface area contributed by atoms with Crippen molar-refractivity contribution in [3.63, 3.8) is 0 Å². The number of benzene rings is 1. The number of likely N-dealkylation sites (tertiary alicyclic amines) is 1. The third-order valence-corrected chi connectivity index (χ3v) is 4.88. The van der Waals surface area contributed by atoms with Crippen molar-refractivity contribution in [1.29, 1.82) is 0 Å². The van der Waals surface area contributed by atoms with Gasteiger partial charge in [-0.15, -0.1) is 0 Å². The molecule has 0 atom stereocenters. The van der Waals surface area contributed by atoms with Crippen molar-refractivity contribution in [1.82, 2.24) is 10.2 Å². The average molecular weight is 331 g/mol. The van der Waals surface area contributed by atoms with Gasteiger partial charge >= 0.3 is 6.03 Å². The van der Waals surface area contributed by atoms with Gasteiger partial charge in [0.15, 0.2) is 0 Å². The summed E-state index contributed by atoms with van der Waals surface area (Å²) < 4.78 is 5.93. The number of amides is 2. The number of carbonyl (C=O) groups excluding carboxylic acids is 1. The van der Waals surface area contributed by atoms with Gasteiger partial charge in [0.25, 0.3) is 0 Å². The Balaban J connectivity index is 1.36. The SMILES string of the molecule is O=C(NCCN1CCCCC1)Nc1ccc(OC2CCCC2)cc1. The van der Waals surface area contributed by atoms with Gasteiger partial charge in [0.1, 0.15) is 5.75 Å². The Morgan fingerprint density at radius 1 is 1.04 bits per heavy atom. The van der Waals surface area contributed by atoms with Crippen molar-refractivity contribution in [2.45, 2.75) is 51.0 Å². The van der Waals surface area contributed by atoms with Gasteiger partial charge in [0.05, 0.1) is 6.10 Å². The van der Waals surface area contributed by atoms with Crippen LogP contribution < -0.4 is 15.4 Å². The van der Waals surface area contributed by atoms with E-state index in [2.05, 4.69) is 15.5 Å². The molecule has 3 rings (SSSR count). The molecule has 0 radical (unpaired) electrons. The molecule has 2 amide bonds. The molecule has 0 aromatic heterocycles. The number of ether oxygens (including phenoxy) is 1. The van der Waals surface area contributed by atoms with Gasteiger partial charge < -0.3 is 20.3 Å². The second-order valence-corrected chi connectivity index (χ2v) is 6.83. The molecule has 1 aliphatic carbocycles. The zero-order valence-corrected chi connectivity index (χ0v) is 14.4. The molecule has 0 spiro atoms. The fraction of sp³-hybridized carbons (Fsp3) is 0.632. The van der Waals surface area contributed by atoms with Crippen LogP contribution in [-0.2, 0) is 0 Å². The molecule has 1 heterocycles. The second kappa shape index (κ2) is 8.92. The summed E-state index contributed by atoms with van der Waals surface area (Å²) in [5.74, 6) is 0.887. The first-order valence-corrected chi connectivity index (χ1v) is 9.33. The first-order valence-electron chi connectivity index (χ1n) is 9.33. The maximum atomic E-state index is 11.9. The molecular weight excluding hydrogens is 302 g/mol. The first kappa shape index (κ1) is 17.1. The van der Waals surface area contributed by atoms with Crippen molar-refractivity contribution in [3.05, 3.63) is 24.3 Å². The van der Waals surface area contributed by atoms with E-state index in [0.717, 1.165) is 43.9 Å². The predicted molar refractivity (Wildman–Crippen MR) is 96.6 cm³/mol. The predicted octanol–water partition coefficient (Wildman–Crippen LogP) is 3.62. The minimum absolute atomic E-state index is 0.142. The number of urea groups is 1. The molecule has 1 aliphatic heterocycles. The first-order chi connectivity index (χ1) is 11.8. The van der Waals surface area contributed by atoms with Crippen LogP contribution in [0.5, 0.6) is 5.75 Å². The van der Waals surface area contributed by atoms with E-state index in [-0.39, 0.29) is 6.03 Å². The van der Waals surface area contributed by atoms with Crippen molar-refractivity contribution in [2.75, 3.05) is 31.5 Å². The molecule has 24 heavy (non-hydrogen) atoms. The van der Waals surface area contributed by atoms with Gasteiger partial charge in [-0.25, -0.2) is 4.79 Å². The highest BCUT2D eigenvalue weighted by Gasteiger charge is 2.16. The third-order valence-electron chi connectivity index (χ3n) is 4.88. The van der Waals surface area contributed by atoms with Gasteiger partial charge in [-0.1, -0.05) is 6.42 Å². The summed E-state index contributed by atoms with van der Waals surface area (Å²) in [4.78, 5) is 14.4.